The first-order chi connectivity index (χ1) is 15.1. The van der Waals surface area contributed by atoms with Gasteiger partial charge in [-0.25, -0.2) is 0 Å². The van der Waals surface area contributed by atoms with Gasteiger partial charge < -0.3 is 4.90 Å². The van der Waals surface area contributed by atoms with Crippen molar-refractivity contribution in [3.8, 4) is 0 Å². The first kappa shape index (κ1) is 23.2. The van der Waals surface area contributed by atoms with E-state index in [-0.39, 0.29) is 11.8 Å². The molecule has 3 rings (SSSR count). The van der Waals surface area contributed by atoms with Crippen molar-refractivity contribution in [1.82, 2.24) is 4.90 Å². The van der Waals surface area contributed by atoms with Crippen molar-refractivity contribution in [3.63, 3.8) is 0 Å². The lowest BCUT2D eigenvalue weighted by Crippen LogP contribution is -2.33. The van der Waals surface area contributed by atoms with Gasteiger partial charge in [0.25, 0.3) is 0 Å². The number of carbonyl (C=O) groups excluding carboxylic acids is 1. The van der Waals surface area contributed by atoms with E-state index in [1.54, 1.807) is 4.90 Å². The topological polar surface area (TPSA) is 20.3 Å². The van der Waals surface area contributed by atoms with E-state index in [0.29, 0.717) is 0 Å². The quantitative estimate of drug-likeness (QED) is 0.316. The molecule has 3 aromatic rings. The van der Waals surface area contributed by atoms with Crippen LogP contribution in [-0.4, -0.2) is 31.1 Å². The molecule has 3 aromatic carbocycles. The molecule has 3 heteroatoms. The zero-order valence-corrected chi connectivity index (χ0v) is 20.0. The fourth-order valence-electron chi connectivity index (χ4n) is 4.49. The Bertz CT molecular complexity index is 828. The number of hydrogen-bond donors (Lipinski definition) is 0. The first-order valence-electron chi connectivity index (χ1n) is 11.4. The van der Waals surface area contributed by atoms with Crippen LogP contribution in [0.15, 0.2) is 91.0 Å². The number of unbranched alkanes of at least 4 members (excludes halogenated alkanes) is 1. The Morgan fingerprint density at radius 2 is 1.16 bits per heavy atom. The molecule has 1 atom stereocenters. The molecule has 0 N–H and O–H groups in total. The summed E-state index contributed by atoms with van der Waals surface area (Å²) in [7, 11) is 1.97. The van der Waals surface area contributed by atoms with Crippen molar-refractivity contribution < 1.29 is 4.79 Å². The summed E-state index contributed by atoms with van der Waals surface area (Å²) in [5.74, 6) is 0.394. The van der Waals surface area contributed by atoms with E-state index in [0.717, 1.165) is 31.8 Å². The summed E-state index contributed by atoms with van der Waals surface area (Å²) in [5.41, 5.74) is 0. The molecule has 0 bridgehead atoms. The molecular formula is C28H35NOP+. The fraction of sp³-hybridized carbons (Fsp3) is 0.321. The summed E-state index contributed by atoms with van der Waals surface area (Å²) in [6, 6.07) is 33.1. The van der Waals surface area contributed by atoms with Crippen LogP contribution < -0.4 is 15.9 Å². The summed E-state index contributed by atoms with van der Waals surface area (Å²) in [5, 5.41) is 4.30. The highest BCUT2D eigenvalue weighted by atomic mass is 31.2. The van der Waals surface area contributed by atoms with E-state index >= 15 is 0 Å². The van der Waals surface area contributed by atoms with E-state index < -0.39 is 7.26 Å². The molecule has 0 aromatic heterocycles. The van der Waals surface area contributed by atoms with E-state index in [9.17, 15) is 4.79 Å². The van der Waals surface area contributed by atoms with Gasteiger partial charge >= 0.3 is 0 Å². The molecule has 0 heterocycles. The Hall–Kier alpha value is -2.44. The minimum atomic E-state index is -1.76. The van der Waals surface area contributed by atoms with Crippen LogP contribution in [0.1, 0.15) is 32.6 Å². The minimum Gasteiger partial charge on any atom is -0.349 e. The lowest BCUT2D eigenvalue weighted by atomic mass is 9.98. The van der Waals surface area contributed by atoms with Crippen molar-refractivity contribution in [3.05, 3.63) is 91.0 Å². The van der Waals surface area contributed by atoms with Gasteiger partial charge in [-0.3, -0.25) is 4.79 Å². The van der Waals surface area contributed by atoms with Gasteiger partial charge in [0.1, 0.15) is 23.2 Å². The van der Waals surface area contributed by atoms with Crippen LogP contribution in [-0.2, 0) is 4.79 Å². The Balaban J connectivity index is 1.92. The maximum absolute atomic E-state index is 12.5. The van der Waals surface area contributed by atoms with Crippen molar-refractivity contribution in [2.75, 3.05) is 20.3 Å². The maximum atomic E-state index is 12.5. The molecule has 0 fully saturated rings. The summed E-state index contributed by atoms with van der Waals surface area (Å²) in [6.07, 6.45) is 5.19. The average molecular weight is 433 g/mol. The average Bonchev–Trinajstić information content (AvgIpc) is 2.83. The monoisotopic (exact) mass is 432 g/mol. The van der Waals surface area contributed by atoms with Gasteiger partial charge in [-0.1, -0.05) is 61.5 Å². The highest BCUT2D eigenvalue weighted by molar-refractivity contribution is 7.95. The van der Waals surface area contributed by atoms with Gasteiger partial charge in [0, 0.05) is 20.0 Å². The van der Waals surface area contributed by atoms with Gasteiger partial charge in [0.2, 0.25) is 5.91 Å². The number of benzene rings is 3. The standard InChI is InChI=1S/C28H35NOP/c1-4-24(28(30)29(2)3)16-14-15-23-31(25-17-8-5-9-18-25,26-19-10-6-11-20-26)27-21-12-7-13-22-27/h5-13,17-22,24H,4,14-16,23H2,1-3H3/q+1. The molecule has 0 saturated heterocycles. The zero-order valence-electron chi connectivity index (χ0n) is 19.1. The predicted octanol–water partition coefficient (Wildman–Crippen LogP) is 5.27. The van der Waals surface area contributed by atoms with Crippen LogP contribution in [0.2, 0.25) is 0 Å². The second kappa shape index (κ2) is 11.3. The van der Waals surface area contributed by atoms with Gasteiger partial charge in [-0.05, 0) is 62.1 Å². The van der Waals surface area contributed by atoms with Gasteiger partial charge in [0.05, 0.1) is 6.16 Å². The number of hydrogen-bond acceptors (Lipinski definition) is 1. The smallest absolute Gasteiger partial charge is 0.225 e. The summed E-state index contributed by atoms with van der Waals surface area (Å²) >= 11 is 0. The van der Waals surface area contributed by atoms with Crippen LogP contribution in [0, 0.1) is 5.92 Å². The zero-order chi connectivity index (χ0) is 22.1. The van der Waals surface area contributed by atoms with E-state index in [4.69, 9.17) is 0 Å². The maximum Gasteiger partial charge on any atom is 0.225 e. The van der Waals surface area contributed by atoms with Gasteiger partial charge in [0.15, 0.2) is 0 Å². The molecule has 0 aliphatic rings. The lowest BCUT2D eigenvalue weighted by molar-refractivity contribution is -0.133. The molecule has 0 aliphatic heterocycles. The molecule has 0 radical (unpaired) electrons. The van der Waals surface area contributed by atoms with Crippen LogP contribution in [0.5, 0.6) is 0 Å². The molecule has 2 nitrogen and oxygen atoms in total. The number of nitrogens with zero attached hydrogens (tertiary/aromatic N) is 1. The number of carbonyl (C=O) groups is 1. The van der Waals surface area contributed by atoms with E-state index in [2.05, 4.69) is 97.9 Å². The van der Waals surface area contributed by atoms with Crippen molar-refractivity contribution in [2.24, 2.45) is 5.92 Å². The molecule has 31 heavy (non-hydrogen) atoms. The van der Waals surface area contributed by atoms with Crippen LogP contribution in [0.25, 0.3) is 0 Å². The first-order valence-corrected chi connectivity index (χ1v) is 13.3. The van der Waals surface area contributed by atoms with Crippen LogP contribution >= 0.6 is 7.26 Å². The van der Waals surface area contributed by atoms with Crippen LogP contribution in [0.4, 0.5) is 0 Å². The third kappa shape index (κ3) is 5.43. The Morgan fingerprint density at radius 3 is 1.52 bits per heavy atom. The number of rotatable bonds is 10. The molecule has 1 unspecified atom stereocenters. The van der Waals surface area contributed by atoms with Crippen molar-refractivity contribution >= 4 is 29.1 Å². The molecular weight excluding hydrogens is 397 g/mol. The predicted molar refractivity (Wildman–Crippen MR) is 136 cm³/mol. The third-order valence-corrected chi connectivity index (χ3v) is 10.7. The minimum absolute atomic E-state index is 0.132. The molecule has 0 aliphatic carbocycles. The van der Waals surface area contributed by atoms with E-state index in [1.807, 2.05) is 14.1 Å². The molecule has 0 saturated carbocycles. The largest absolute Gasteiger partial charge is 0.349 e. The SMILES string of the molecule is CCC(CCCC[P+](c1ccccc1)(c1ccccc1)c1ccccc1)C(=O)N(C)C. The summed E-state index contributed by atoms with van der Waals surface area (Å²) in [6.45, 7) is 2.13. The molecule has 162 valence electrons. The Kier molecular flexibility index (Phi) is 8.43. The fourth-order valence-corrected chi connectivity index (χ4v) is 8.90. The van der Waals surface area contributed by atoms with Crippen molar-refractivity contribution in [1.29, 1.82) is 0 Å². The Labute approximate surface area is 188 Å². The van der Waals surface area contributed by atoms with Gasteiger partial charge in [-0.2, -0.15) is 0 Å². The lowest BCUT2D eigenvalue weighted by Gasteiger charge is -2.28. The van der Waals surface area contributed by atoms with Crippen LogP contribution in [0.3, 0.4) is 0 Å². The summed E-state index contributed by atoms with van der Waals surface area (Å²) in [4.78, 5) is 14.2. The molecule has 0 spiro atoms. The highest BCUT2D eigenvalue weighted by Gasteiger charge is 2.44. The number of amides is 1. The second-order valence-corrected chi connectivity index (χ2v) is 12.0. The highest BCUT2D eigenvalue weighted by Crippen LogP contribution is 2.56. The van der Waals surface area contributed by atoms with Gasteiger partial charge in [-0.15, -0.1) is 0 Å². The van der Waals surface area contributed by atoms with Crippen molar-refractivity contribution in [2.45, 2.75) is 32.6 Å². The van der Waals surface area contributed by atoms with E-state index in [1.165, 1.54) is 15.9 Å². The normalized spacial score (nSPS) is 12.4. The third-order valence-electron chi connectivity index (χ3n) is 6.17. The second-order valence-electron chi connectivity index (χ2n) is 8.37. The Morgan fingerprint density at radius 1 is 0.742 bits per heavy atom. The molecule has 1 amide bonds. The summed E-state index contributed by atoms with van der Waals surface area (Å²) < 4.78 is 0.